The van der Waals surface area contributed by atoms with Gasteiger partial charge in [0.15, 0.2) is 0 Å². The number of hydrogen-bond donors (Lipinski definition) is 1. The van der Waals surface area contributed by atoms with Crippen LogP contribution in [-0.4, -0.2) is 50.3 Å². The van der Waals surface area contributed by atoms with Crippen molar-refractivity contribution < 1.29 is 14.6 Å². The SMILES string of the molecule is CCOC(=O)[C@H]1CCCN([C@@H](c2ccc(Cl)c(Cl)c2)c2sc3nc(C)nn3c2O)C1. The van der Waals surface area contributed by atoms with Crippen molar-refractivity contribution in [3.05, 3.63) is 44.5 Å². The molecule has 7 nitrogen and oxygen atoms in total. The van der Waals surface area contributed by atoms with Gasteiger partial charge < -0.3 is 9.84 Å². The number of aromatic nitrogens is 3. The minimum atomic E-state index is -0.314. The Kier molecular flexibility index (Phi) is 6.20. The van der Waals surface area contributed by atoms with Crippen LogP contribution in [0, 0.1) is 12.8 Å². The normalized spacial score (nSPS) is 18.6. The van der Waals surface area contributed by atoms with Gasteiger partial charge >= 0.3 is 5.97 Å². The van der Waals surface area contributed by atoms with E-state index in [1.165, 1.54) is 15.9 Å². The number of ether oxygens (including phenoxy) is 1. The van der Waals surface area contributed by atoms with Crippen molar-refractivity contribution in [3.8, 4) is 5.88 Å². The zero-order chi connectivity index (χ0) is 21.4. The molecule has 4 rings (SSSR count). The van der Waals surface area contributed by atoms with Crippen LogP contribution in [0.25, 0.3) is 4.96 Å². The van der Waals surface area contributed by atoms with Gasteiger partial charge in [-0.2, -0.15) is 4.52 Å². The number of piperidine rings is 1. The number of halogens is 2. The van der Waals surface area contributed by atoms with Gasteiger partial charge in [-0.3, -0.25) is 9.69 Å². The Morgan fingerprint density at radius 3 is 2.90 bits per heavy atom. The molecule has 0 bridgehead atoms. The number of rotatable bonds is 5. The Hall–Kier alpha value is -1.87. The molecule has 0 spiro atoms. The molecule has 0 unspecified atom stereocenters. The largest absolute Gasteiger partial charge is 0.492 e. The number of thiazole rings is 1. The highest BCUT2D eigenvalue weighted by Crippen LogP contribution is 2.42. The fourth-order valence-corrected chi connectivity index (χ4v) is 5.40. The molecular formula is C20H22Cl2N4O3S. The monoisotopic (exact) mass is 468 g/mol. The van der Waals surface area contributed by atoms with Gasteiger partial charge in [0.2, 0.25) is 10.8 Å². The van der Waals surface area contributed by atoms with Crippen LogP contribution >= 0.6 is 34.5 Å². The molecule has 2 atom stereocenters. The zero-order valence-corrected chi connectivity index (χ0v) is 19.0. The molecule has 1 fully saturated rings. The lowest BCUT2D eigenvalue weighted by Crippen LogP contribution is -2.41. The molecule has 0 amide bonds. The number of aromatic hydroxyl groups is 1. The summed E-state index contributed by atoms with van der Waals surface area (Å²) in [6.07, 6.45) is 1.63. The summed E-state index contributed by atoms with van der Waals surface area (Å²) in [7, 11) is 0. The second kappa shape index (κ2) is 8.70. The van der Waals surface area contributed by atoms with E-state index in [1.807, 2.05) is 19.1 Å². The molecule has 0 radical (unpaired) electrons. The highest BCUT2D eigenvalue weighted by Gasteiger charge is 2.35. The van der Waals surface area contributed by atoms with Crippen LogP contribution in [0.15, 0.2) is 18.2 Å². The van der Waals surface area contributed by atoms with E-state index < -0.39 is 0 Å². The van der Waals surface area contributed by atoms with Crippen molar-refractivity contribution in [2.75, 3.05) is 19.7 Å². The predicted octanol–water partition coefficient (Wildman–Crippen LogP) is 4.48. The second-order valence-electron chi connectivity index (χ2n) is 7.31. The molecule has 1 saturated heterocycles. The summed E-state index contributed by atoms with van der Waals surface area (Å²) in [6, 6.07) is 5.14. The second-order valence-corrected chi connectivity index (χ2v) is 9.13. The third kappa shape index (κ3) is 4.01. The van der Waals surface area contributed by atoms with E-state index in [1.54, 1.807) is 13.0 Å². The van der Waals surface area contributed by atoms with Crippen molar-refractivity contribution in [2.45, 2.75) is 32.7 Å². The third-order valence-electron chi connectivity index (χ3n) is 5.25. The Labute approximate surface area is 188 Å². The summed E-state index contributed by atoms with van der Waals surface area (Å²) in [5, 5.41) is 16.1. The van der Waals surface area contributed by atoms with Gasteiger partial charge in [-0.1, -0.05) is 40.6 Å². The first-order valence-corrected chi connectivity index (χ1v) is 11.4. The van der Waals surface area contributed by atoms with E-state index in [0.717, 1.165) is 24.9 Å². The van der Waals surface area contributed by atoms with Gasteiger partial charge in [0.05, 0.1) is 33.5 Å². The van der Waals surface area contributed by atoms with Gasteiger partial charge in [0, 0.05) is 6.54 Å². The standard InChI is InChI=1S/C20H22Cl2N4O3S/c1-3-29-19(28)13-5-4-8-25(10-13)16(12-6-7-14(21)15(22)9-12)17-18(27)26-20(30-17)23-11(2)24-26/h6-7,9,13,16,27H,3-5,8,10H2,1-2H3/t13-,16-/m0/s1. The first kappa shape index (κ1) is 21.4. The summed E-state index contributed by atoms with van der Waals surface area (Å²) in [6.45, 7) is 5.25. The maximum atomic E-state index is 12.4. The first-order chi connectivity index (χ1) is 14.4. The number of aryl methyl sites for hydroxylation is 1. The van der Waals surface area contributed by atoms with Gasteiger partial charge in [-0.15, -0.1) is 5.10 Å². The number of carbonyl (C=O) groups excluding carboxylic acids is 1. The van der Waals surface area contributed by atoms with E-state index in [-0.39, 0.29) is 23.8 Å². The fraction of sp³-hybridized carbons (Fsp3) is 0.450. The number of nitrogens with zero attached hydrogens (tertiary/aromatic N) is 4. The van der Waals surface area contributed by atoms with Crippen LogP contribution in [0.2, 0.25) is 10.0 Å². The van der Waals surface area contributed by atoms with Crippen LogP contribution in [0.1, 0.15) is 42.1 Å². The lowest BCUT2D eigenvalue weighted by atomic mass is 9.94. The molecule has 0 aliphatic carbocycles. The lowest BCUT2D eigenvalue weighted by Gasteiger charge is -2.37. The van der Waals surface area contributed by atoms with E-state index in [9.17, 15) is 9.90 Å². The number of carbonyl (C=O) groups is 1. The van der Waals surface area contributed by atoms with Gasteiger partial charge in [-0.05, 0) is 50.9 Å². The van der Waals surface area contributed by atoms with E-state index in [2.05, 4.69) is 15.0 Å². The van der Waals surface area contributed by atoms with Crippen LogP contribution in [0.4, 0.5) is 0 Å². The molecule has 1 aliphatic heterocycles. The maximum Gasteiger partial charge on any atom is 0.310 e. The van der Waals surface area contributed by atoms with E-state index >= 15 is 0 Å². The van der Waals surface area contributed by atoms with Crippen molar-refractivity contribution in [1.82, 2.24) is 19.5 Å². The molecule has 2 aromatic heterocycles. The molecule has 1 N–H and O–H groups in total. The quantitative estimate of drug-likeness (QED) is 0.556. The Balaban J connectivity index is 1.77. The average Bonchev–Trinajstić information content (AvgIpc) is 3.23. The molecule has 160 valence electrons. The third-order valence-corrected chi connectivity index (χ3v) is 7.06. The van der Waals surface area contributed by atoms with Crippen molar-refractivity contribution in [2.24, 2.45) is 5.92 Å². The summed E-state index contributed by atoms with van der Waals surface area (Å²) in [5.41, 5.74) is 0.880. The number of likely N-dealkylation sites (tertiary alicyclic amines) is 1. The van der Waals surface area contributed by atoms with Crippen LogP contribution in [0.3, 0.4) is 0 Å². The van der Waals surface area contributed by atoms with Crippen molar-refractivity contribution >= 4 is 45.5 Å². The summed E-state index contributed by atoms with van der Waals surface area (Å²) < 4.78 is 6.70. The summed E-state index contributed by atoms with van der Waals surface area (Å²) in [4.78, 5) is 20.3. The molecule has 1 aromatic carbocycles. The minimum Gasteiger partial charge on any atom is -0.492 e. The molecule has 3 heterocycles. The molecule has 1 aliphatic rings. The Bertz CT molecular complexity index is 1080. The minimum absolute atomic E-state index is 0.0462. The molecular weight excluding hydrogens is 447 g/mol. The number of fused-ring (bicyclic) bond motifs is 1. The van der Waals surface area contributed by atoms with Crippen LogP contribution < -0.4 is 0 Å². The topological polar surface area (TPSA) is 80.0 Å². The van der Waals surface area contributed by atoms with Gasteiger partial charge in [-0.25, -0.2) is 4.98 Å². The molecule has 30 heavy (non-hydrogen) atoms. The van der Waals surface area contributed by atoms with Crippen molar-refractivity contribution in [1.29, 1.82) is 0 Å². The van der Waals surface area contributed by atoms with Gasteiger partial charge in [0.25, 0.3) is 0 Å². The van der Waals surface area contributed by atoms with Crippen LogP contribution in [-0.2, 0) is 9.53 Å². The zero-order valence-electron chi connectivity index (χ0n) is 16.6. The smallest absolute Gasteiger partial charge is 0.310 e. The highest BCUT2D eigenvalue weighted by atomic mass is 35.5. The highest BCUT2D eigenvalue weighted by molar-refractivity contribution is 7.17. The number of esters is 1. The summed E-state index contributed by atoms with van der Waals surface area (Å²) in [5.74, 6) is 0.243. The number of hydrogen-bond acceptors (Lipinski definition) is 7. The average molecular weight is 469 g/mol. The Morgan fingerprint density at radius 2 is 2.20 bits per heavy atom. The Morgan fingerprint density at radius 1 is 1.40 bits per heavy atom. The van der Waals surface area contributed by atoms with Crippen LogP contribution in [0.5, 0.6) is 5.88 Å². The molecule has 3 aromatic rings. The number of benzene rings is 1. The predicted molar refractivity (Wildman–Crippen MR) is 117 cm³/mol. The maximum absolute atomic E-state index is 12.4. The van der Waals surface area contributed by atoms with E-state index in [4.69, 9.17) is 27.9 Å². The summed E-state index contributed by atoms with van der Waals surface area (Å²) >= 11 is 13.8. The molecule has 10 heteroatoms. The van der Waals surface area contributed by atoms with Gasteiger partial charge in [0.1, 0.15) is 5.82 Å². The van der Waals surface area contributed by atoms with E-state index in [0.29, 0.717) is 38.9 Å². The first-order valence-electron chi connectivity index (χ1n) is 9.79. The fourth-order valence-electron chi connectivity index (χ4n) is 3.93. The van der Waals surface area contributed by atoms with Crippen molar-refractivity contribution in [3.63, 3.8) is 0 Å². The molecule has 0 saturated carbocycles. The lowest BCUT2D eigenvalue weighted by molar-refractivity contribution is -0.150.